The summed E-state index contributed by atoms with van der Waals surface area (Å²) in [5.41, 5.74) is -0.423. The molecule has 0 aliphatic carbocycles. The van der Waals surface area contributed by atoms with Crippen molar-refractivity contribution in [2.75, 3.05) is 0 Å². The number of rotatable bonds is 1. The fourth-order valence-electron chi connectivity index (χ4n) is 1.40. The maximum atomic E-state index is 11.3. The van der Waals surface area contributed by atoms with Crippen molar-refractivity contribution in [3.63, 3.8) is 0 Å². The number of pyridine rings is 1. The molecule has 0 bridgehead atoms. The van der Waals surface area contributed by atoms with Gasteiger partial charge in [-0.05, 0) is 18.2 Å². The molecule has 0 radical (unpaired) electrons. The van der Waals surface area contributed by atoms with Gasteiger partial charge in [0.1, 0.15) is 0 Å². The summed E-state index contributed by atoms with van der Waals surface area (Å²) in [5, 5.41) is 19.7. The molecule has 6 nitrogen and oxygen atoms in total. The first kappa shape index (κ1) is 9.86. The second-order valence-electron chi connectivity index (χ2n) is 3.15. The molecule has 1 heterocycles. The molecular formula is C10H5N3O3. The number of hydrogen-bond donors (Lipinski definition) is 1. The van der Waals surface area contributed by atoms with Crippen LogP contribution in [0.15, 0.2) is 29.1 Å². The minimum atomic E-state index is -0.753. The summed E-state index contributed by atoms with van der Waals surface area (Å²) in [4.78, 5) is 23.4. The van der Waals surface area contributed by atoms with Gasteiger partial charge in [0.25, 0.3) is 0 Å². The Balaban J connectivity index is 2.82. The van der Waals surface area contributed by atoms with Crippen molar-refractivity contribution >= 4 is 16.6 Å². The Morgan fingerprint density at radius 2 is 2.12 bits per heavy atom. The molecule has 0 saturated carbocycles. The fourth-order valence-corrected chi connectivity index (χ4v) is 1.40. The zero-order valence-electron chi connectivity index (χ0n) is 7.93. The van der Waals surface area contributed by atoms with Crippen molar-refractivity contribution < 1.29 is 4.92 Å². The maximum Gasteiger partial charge on any atom is 0.334 e. The van der Waals surface area contributed by atoms with Crippen LogP contribution < -0.4 is 5.56 Å². The summed E-state index contributed by atoms with van der Waals surface area (Å²) >= 11 is 0. The Morgan fingerprint density at radius 1 is 1.38 bits per heavy atom. The minimum Gasteiger partial charge on any atom is -0.316 e. The zero-order valence-corrected chi connectivity index (χ0v) is 7.93. The molecule has 0 aliphatic rings. The van der Waals surface area contributed by atoms with E-state index in [1.165, 1.54) is 12.1 Å². The summed E-state index contributed by atoms with van der Waals surface area (Å²) in [5.74, 6) is 0. The van der Waals surface area contributed by atoms with Gasteiger partial charge in [0.15, 0.2) is 0 Å². The Kier molecular flexibility index (Phi) is 2.14. The monoisotopic (exact) mass is 215 g/mol. The molecule has 0 atom stereocenters. The Hall–Kier alpha value is -2.68. The van der Waals surface area contributed by atoms with Gasteiger partial charge in [-0.3, -0.25) is 14.9 Å². The molecule has 2 aromatic rings. The van der Waals surface area contributed by atoms with Crippen LogP contribution in [0.3, 0.4) is 0 Å². The molecule has 1 aromatic carbocycles. The van der Waals surface area contributed by atoms with Gasteiger partial charge in [-0.25, -0.2) is 0 Å². The van der Waals surface area contributed by atoms with Gasteiger partial charge < -0.3 is 4.98 Å². The van der Waals surface area contributed by atoms with E-state index in [0.29, 0.717) is 16.5 Å². The van der Waals surface area contributed by atoms with Crippen molar-refractivity contribution in [1.82, 2.24) is 4.98 Å². The lowest BCUT2D eigenvalue weighted by Gasteiger charge is -1.97. The summed E-state index contributed by atoms with van der Waals surface area (Å²) in [6.45, 7) is 0. The fraction of sp³-hybridized carbons (Fsp3) is 0. The molecule has 78 valence electrons. The largest absolute Gasteiger partial charge is 0.334 e. The van der Waals surface area contributed by atoms with Gasteiger partial charge in [0.05, 0.1) is 16.6 Å². The number of benzene rings is 1. The van der Waals surface area contributed by atoms with Crippen LogP contribution in [0.1, 0.15) is 5.56 Å². The van der Waals surface area contributed by atoms with E-state index in [4.69, 9.17) is 5.26 Å². The van der Waals surface area contributed by atoms with Crippen LogP contribution >= 0.6 is 0 Å². The number of nitrogens with one attached hydrogen (secondary N) is 1. The van der Waals surface area contributed by atoms with Gasteiger partial charge in [0.2, 0.25) is 0 Å². The predicted molar refractivity (Wildman–Crippen MR) is 55.9 cm³/mol. The number of nitriles is 1. The van der Waals surface area contributed by atoms with Crippen LogP contribution in [-0.4, -0.2) is 9.91 Å². The molecule has 2 rings (SSSR count). The third-order valence-corrected chi connectivity index (χ3v) is 2.15. The quantitative estimate of drug-likeness (QED) is 0.572. The normalized spacial score (nSPS) is 9.94. The average Bonchev–Trinajstić information content (AvgIpc) is 2.27. The molecule has 6 heteroatoms. The minimum absolute atomic E-state index is 0.383. The van der Waals surface area contributed by atoms with Gasteiger partial charge in [-0.2, -0.15) is 5.26 Å². The number of H-pyrrole nitrogens is 1. The van der Waals surface area contributed by atoms with Crippen molar-refractivity contribution in [3.05, 3.63) is 50.3 Å². The van der Waals surface area contributed by atoms with Crippen LogP contribution in [0.25, 0.3) is 10.9 Å². The summed E-state index contributed by atoms with van der Waals surface area (Å²) in [6.07, 6.45) is 0. The number of fused-ring (bicyclic) bond motifs is 1. The van der Waals surface area contributed by atoms with Gasteiger partial charge in [-0.1, -0.05) is 0 Å². The van der Waals surface area contributed by atoms with Gasteiger partial charge in [0, 0.05) is 17.0 Å². The molecule has 0 fully saturated rings. The van der Waals surface area contributed by atoms with Crippen molar-refractivity contribution in [2.24, 2.45) is 0 Å². The van der Waals surface area contributed by atoms with E-state index in [9.17, 15) is 14.9 Å². The molecule has 0 spiro atoms. The average molecular weight is 215 g/mol. The van der Waals surface area contributed by atoms with E-state index >= 15 is 0 Å². The summed E-state index contributed by atoms with van der Waals surface area (Å²) < 4.78 is 0. The van der Waals surface area contributed by atoms with Crippen molar-refractivity contribution in [1.29, 1.82) is 5.26 Å². The predicted octanol–water partition coefficient (Wildman–Crippen LogP) is 1.31. The van der Waals surface area contributed by atoms with E-state index in [2.05, 4.69) is 4.98 Å². The van der Waals surface area contributed by atoms with E-state index in [0.717, 1.165) is 6.07 Å². The lowest BCUT2D eigenvalue weighted by Crippen LogP contribution is -2.10. The maximum absolute atomic E-state index is 11.3. The highest BCUT2D eigenvalue weighted by Gasteiger charge is 2.13. The number of nitrogens with zero attached hydrogens (tertiary/aromatic N) is 2. The van der Waals surface area contributed by atoms with Crippen LogP contribution in [0, 0.1) is 21.4 Å². The molecule has 0 aliphatic heterocycles. The first-order valence-electron chi connectivity index (χ1n) is 4.33. The highest BCUT2D eigenvalue weighted by Crippen LogP contribution is 2.16. The second-order valence-corrected chi connectivity index (χ2v) is 3.15. The molecule has 1 aromatic heterocycles. The SMILES string of the molecule is N#Cc1ccc2[nH]c(=O)c([N+](=O)[O-])cc2c1. The van der Waals surface area contributed by atoms with Crippen LogP contribution in [0.4, 0.5) is 5.69 Å². The van der Waals surface area contributed by atoms with Crippen LogP contribution in [0.2, 0.25) is 0 Å². The van der Waals surface area contributed by atoms with Crippen LogP contribution in [0.5, 0.6) is 0 Å². The molecule has 1 N–H and O–H groups in total. The zero-order chi connectivity index (χ0) is 11.7. The Morgan fingerprint density at radius 3 is 2.75 bits per heavy atom. The number of aromatic nitrogens is 1. The van der Waals surface area contributed by atoms with Gasteiger partial charge >= 0.3 is 11.2 Å². The third kappa shape index (κ3) is 1.50. The summed E-state index contributed by atoms with van der Waals surface area (Å²) in [6, 6.07) is 7.64. The molecular weight excluding hydrogens is 210 g/mol. The van der Waals surface area contributed by atoms with Crippen LogP contribution in [-0.2, 0) is 0 Å². The van der Waals surface area contributed by atoms with E-state index in [-0.39, 0.29) is 0 Å². The second kappa shape index (κ2) is 3.47. The Bertz CT molecular complexity index is 682. The van der Waals surface area contributed by atoms with Gasteiger partial charge in [-0.15, -0.1) is 0 Å². The lowest BCUT2D eigenvalue weighted by molar-refractivity contribution is -0.386. The highest BCUT2D eigenvalue weighted by atomic mass is 16.6. The summed E-state index contributed by atoms with van der Waals surface area (Å²) in [7, 11) is 0. The smallest absolute Gasteiger partial charge is 0.316 e. The Labute approximate surface area is 88.9 Å². The lowest BCUT2D eigenvalue weighted by atomic mass is 10.1. The topological polar surface area (TPSA) is 99.8 Å². The van der Waals surface area contributed by atoms with E-state index in [1.54, 1.807) is 6.07 Å². The first-order valence-corrected chi connectivity index (χ1v) is 4.33. The molecule has 0 unspecified atom stereocenters. The van der Waals surface area contributed by atoms with E-state index < -0.39 is 16.2 Å². The molecule has 0 amide bonds. The number of aromatic amines is 1. The standard InChI is InChI=1S/C10H5N3O3/c11-5-6-1-2-8-7(3-6)4-9(13(15)16)10(14)12-8/h1-4H,(H,12,14). The number of hydrogen-bond acceptors (Lipinski definition) is 4. The number of nitro groups is 1. The highest BCUT2D eigenvalue weighted by molar-refractivity contribution is 5.81. The van der Waals surface area contributed by atoms with Crippen molar-refractivity contribution in [2.45, 2.75) is 0 Å². The molecule has 0 saturated heterocycles. The van der Waals surface area contributed by atoms with Crippen molar-refractivity contribution in [3.8, 4) is 6.07 Å². The van der Waals surface area contributed by atoms with E-state index in [1.807, 2.05) is 6.07 Å². The third-order valence-electron chi connectivity index (χ3n) is 2.15. The molecule has 16 heavy (non-hydrogen) atoms. The first-order chi connectivity index (χ1) is 7.61.